The second-order valence-electron chi connectivity index (χ2n) is 4.50. The fourth-order valence-electron chi connectivity index (χ4n) is 1.85. The molecule has 7 heteroatoms. The number of aromatic nitrogens is 2. The highest BCUT2D eigenvalue weighted by Gasteiger charge is 2.13. The highest BCUT2D eigenvalue weighted by Crippen LogP contribution is 2.20. The molecule has 0 aliphatic carbocycles. The summed E-state index contributed by atoms with van der Waals surface area (Å²) >= 11 is 0. The predicted molar refractivity (Wildman–Crippen MR) is 75.2 cm³/mol. The maximum absolute atomic E-state index is 13.2. The molecule has 1 aromatic heterocycles. The summed E-state index contributed by atoms with van der Waals surface area (Å²) in [5, 5.41) is 2.89. The van der Waals surface area contributed by atoms with Crippen molar-refractivity contribution in [1.29, 1.82) is 0 Å². The van der Waals surface area contributed by atoms with Gasteiger partial charge in [0.05, 0.1) is 0 Å². The third-order valence-corrected chi connectivity index (χ3v) is 3.08. The molecule has 0 fully saturated rings. The number of anilines is 2. The highest BCUT2D eigenvalue weighted by atomic mass is 19.1. The van der Waals surface area contributed by atoms with E-state index in [4.69, 9.17) is 5.73 Å². The zero-order chi connectivity index (χ0) is 14.9. The maximum Gasteiger partial charge on any atom is 0.329 e. The Hall–Kier alpha value is -2.57. The van der Waals surface area contributed by atoms with Crippen LogP contribution in [0.3, 0.4) is 0 Å². The van der Waals surface area contributed by atoms with Crippen molar-refractivity contribution in [2.45, 2.75) is 13.0 Å². The number of hydrogen-bond acceptors (Lipinski definition) is 4. The van der Waals surface area contributed by atoms with Gasteiger partial charge in [-0.15, -0.1) is 0 Å². The number of nitrogens with one attached hydrogen (secondary N) is 2. The van der Waals surface area contributed by atoms with Gasteiger partial charge in [-0.3, -0.25) is 14.3 Å². The van der Waals surface area contributed by atoms with Gasteiger partial charge < -0.3 is 11.1 Å². The second-order valence-corrected chi connectivity index (χ2v) is 4.50. The van der Waals surface area contributed by atoms with Crippen molar-refractivity contribution in [2.75, 3.05) is 11.1 Å². The Bertz CT molecular complexity index is 751. The molecule has 4 N–H and O–H groups in total. The van der Waals surface area contributed by atoms with Crippen molar-refractivity contribution in [2.24, 2.45) is 7.05 Å². The zero-order valence-electron chi connectivity index (χ0n) is 11.1. The number of rotatable bonds is 3. The summed E-state index contributed by atoms with van der Waals surface area (Å²) in [4.78, 5) is 25.3. The molecule has 1 aromatic carbocycles. The average Bonchev–Trinajstić information content (AvgIpc) is 2.41. The van der Waals surface area contributed by atoms with E-state index in [2.05, 4.69) is 10.3 Å². The molecule has 2 aromatic rings. The van der Waals surface area contributed by atoms with Crippen LogP contribution in [0.5, 0.6) is 0 Å². The van der Waals surface area contributed by atoms with Crippen LogP contribution < -0.4 is 22.3 Å². The maximum atomic E-state index is 13.2. The number of H-pyrrole nitrogens is 1. The van der Waals surface area contributed by atoms with Crippen LogP contribution in [0.15, 0.2) is 33.9 Å². The van der Waals surface area contributed by atoms with Crippen molar-refractivity contribution in [3.63, 3.8) is 0 Å². The summed E-state index contributed by atoms with van der Waals surface area (Å²) in [5.74, 6) is -0.333. The summed E-state index contributed by atoms with van der Waals surface area (Å²) in [7, 11) is 1.45. The van der Waals surface area contributed by atoms with Gasteiger partial charge in [0.15, 0.2) is 0 Å². The van der Waals surface area contributed by atoms with Gasteiger partial charge >= 0.3 is 5.69 Å². The Morgan fingerprint density at radius 2 is 2.10 bits per heavy atom. The van der Waals surface area contributed by atoms with Gasteiger partial charge in [-0.2, -0.15) is 0 Å². The van der Waals surface area contributed by atoms with Gasteiger partial charge in [0.2, 0.25) is 0 Å². The SMILES string of the molecule is CC(Nc1c(N)n(C)c(=O)[nH]c1=O)c1cccc(F)c1. The molecule has 6 nitrogen and oxygen atoms in total. The average molecular weight is 278 g/mol. The first-order valence-electron chi connectivity index (χ1n) is 6.01. The van der Waals surface area contributed by atoms with E-state index in [0.717, 1.165) is 4.57 Å². The molecule has 1 heterocycles. The largest absolute Gasteiger partial charge is 0.383 e. The molecule has 0 bridgehead atoms. The topological polar surface area (TPSA) is 92.9 Å². The molecule has 0 aliphatic heterocycles. The number of hydrogen-bond donors (Lipinski definition) is 3. The predicted octanol–water partition coefficient (Wildman–Crippen LogP) is 0.968. The Morgan fingerprint density at radius 3 is 2.75 bits per heavy atom. The van der Waals surface area contributed by atoms with E-state index in [1.54, 1.807) is 19.1 Å². The van der Waals surface area contributed by atoms with Gasteiger partial charge in [-0.1, -0.05) is 12.1 Å². The van der Waals surface area contributed by atoms with Crippen LogP contribution >= 0.6 is 0 Å². The molecule has 0 saturated heterocycles. The molecule has 1 atom stereocenters. The lowest BCUT2D eigenvalue weighted by molar-refractivity contribution is 0.623. The van der Waals surface area contributed by atoms with Crippen LogP contribution in [0.25, 0.3) is 0 Å². The van der Waals surface area contributed by atoms with E-state index in [-0.39, 0.29) is 23.4 Å². The van der Waals surface area contributed by atoms with E-state index in [1.165, 1.54) is 19.2 Å². The lowest BCUT2D eigenvalue weighted by atomic mass is 10.1. The van der Waals surface area contributed by atoms with Gasteiger partial charge in [0.25, 0.3) is 5.56 Å². The number of benzene rings is 1. The molecular weight excluding hydrogens is 263 g/mol. The Kier molecular flexibility index (Phi) is 3.60. The fourth-order valence-corrected chi connectivity index (χ4v) is 1.85. The zero-order valence-corrected chi connectivity index (χ0v) is 11.1. The standard InChI is InChI=1S/C13H15FN4O2/c1-7(8-4-3-5-9(14)6-8)16-10-11(15)18(2)13(20)17-12(10)19/h3-7,16H,15H2,1-2H3,(H,17,19,20). The Morgan fingerprint density at radius 1 is 1.40 bits per heavy atom. The number of aromatic amines is 1. The number of halogens is 1. The van der Waals surface area contributed by atoms with Crippen molar-refractivity contribution in [3.05, 3.63) is 56.5 Å². The number of nitrogens with two attached hydrogens (primary N) is 1. The van der Waals surface area contributed by atoms with Gasteiger partial charge in [-0.25, -0.2) is 9.18 Å². The summed E-state index contributed by atoms with van der Waals surface area (Å²) in [5.41, 5.74) is 5.31. The first-order valence-corrected chi connectivity index (χ1v) is 6.01. The highest BCUT2D eigenvalue weighted by molar-refractivity contribution is 5.61. The summed E-state index contributed by atoms with van der Waals surface area (Å²) in [6.45, 7) is 1.76. The normalized spacial score (nSPS) is 12.2. The smallest absolute Gasteiger partial charge is 0.329 e. The number of nitrogens with zero attached hydrogens (tertiary/aromatic N) is 1. The molecule has 0 spiro atoms. The van der Waals surface area contributed by atoms with E-state index in [1.807, 2.05) is 0 Å². The van der Waals surface area contributed by atoms with Crippen LogP contribution in [-0.4, -0.2) is 9.55 Å². The first-order chi connectivity index (χ1) is 9.40. The van der Waals surface area contributed by atoms with Crippen LogP contribution in [0.4, 0.5) is 15.9 Å². The van der Waals surface area contributed by atoms with Gasteiger partial charge in [0, 0.05) is 13.1 Å². The molecule has 106 valence electrons. The van der Waals surface area contributed by atoms with E-state index < -0.39 is 11.2 Å². The third-order valence-electron chi connectivity index (χ3n) is 3.08. The minimum absolute atomic E-state index is 0.0296. The summed E-state index contributed by atoms with van der Waals surface area (Å²) < 4.78 is 14.3. The van der Waals surface area contributed by atoms with E-state index in [0.29, 0.717) is 5.56 Å². The van der Waals surface area contributed by atoms with E-state index in [9.17, 15) is 14.0 Å². The van der Waals surface area contributed by atoms with Crippen LogP contribution in [-0.2, 0) is 7.05 Å². The van der Waals surface area contributed by atoms with Crippen LogP contribution in [0, 0.1) is 5.82 Å². The molecular formula is C13H15FN4O2. The molecule has 1 unspecified atom stereocenters. The molecule has 0 saturated carbocycles. The fraction of sp³-hybridized carbons (Fsp3) is 0.231. The van der Waals surface area contributed by atoms with Crippen molar-refractivity contribution in [1.82, 2.24) is 9.55 Å². The van der Waals surface area contributed by atoms with Crippen molar-refractivity contribution < 1.29 is 4.39 Å². The lowest BCUT2D eigenvalue weighted by Crippen LogP contribution is -2.32. The lowest BCUT2D eigenvalue weighted by Gasteiger charge is -2.17. The minimum atomic E-state index is -0.603. The quantitative estimate of drug-likeness (QED) is 0.780. The Balaban J connectivity index is 2.38. The minimum Gasteiger partial charge on any atom is -0.383 e. The van der Waals surface area contributed by atoms with Crippen LogP contribution in [0.2, 0.25) is 0 Å². The molecule has 2 rings (SSSR count). The first kappa shape index (κ1) is 13.9. The van der Waals surface area contributed by atoms with Gasteiger partial charge in [-0.05, 0) is 24.6 Å². The molecule has 0 amide bonds. The molecule has 0 aliphatic rings. The van der Waals surface area contributed by atoms with Crippen molar-refractivity contribution in [3.8, 4) is 0 Å². The van der Waals surface area contributed by atoms with E-state index >= 15 is 0 Å². The van der Waals surface area contributed by atoms with Crippen LogP contribution in [0.1, 0.15) is 18.5 Å². The monoisotopic (exact) mass is 278 g/mol. The molecule has 0 radical (unpaired) electrons. The Labute approximate surface area is 114 Å². The second kappa shape index (κ2) is 5.20. The number of nitrogen functional groups attached to an aromatic ring is 1. The summed E-state index contributed by atoms with van der Waals surface area (Å²) in [6, 6.07) is 5.67. The third kappa shape index (κ3) is 2.56. The van der Waals surface area contributed by atoms with Crippen molar-refractivity contribution >= 4 is 11.5 Å². The molecule has 20 heavy (non-hydrogen) atoms. The van der Waals surface area contributed by atoms with Gasteiger partial charge in [0.1, 0.15) is 17.3 Å². The summed E-state index contributed by atoms with van der Waals surface area (Å²) in [6.07, 6.45) is 0.